The van der Waals surface area contributed by atoms with Crippen molar-refractivity contribution in [2.75, 3.05) is 17.7 Å². The molecule has 1 heterocycles. The van der Waals surface area contributed by atoms with Gasteiger partial charge >= 0.3 is 0 Å². The zero-order valence-corrected chi connectivity index (χ0v) is 13.1. The molecule has 0 aliphatic heterocycles. The SMILES string of the molecule is Cc1c(N(C)Cc2cnn(C)c2)cc(N)cc1S(N)(=O)=O. The Hall–Kier alpha value is -2.06. The van der Waals surface area contributed by atoms with Crippen molar-refractivity contribution in [3.05, 3.63) is 35.7 Å². The van der Waals surface area contributed by atoms with Gasteiger partial charge in [-0.05, 0) is 24.6 Å². The number of primary sulfonamides is 1. The number of hydrogen-bond acceptors (Lipinski definition) is 5. The van der Waals surface area contributed by atoms with Gasteiger partial charge in [0, 0.05) is 43.8 Å². The molecule has 4 N–H and O–H groups in total. The van der Waals surface area contributed by atoms with E-state index >= 15 is 0 Å². The van der Waals surface area contributed by atoms with Crippen LogP contribution in [0.4, 0.5) is 11.4 Å². The van der Waals surface area contributed by atoms with E-state index in [1.165, 1.54) is 6.07 Å². The van der Waals surface area contributed by atoms with Crippen LogP contribution in [0.15, 0.2) is 29.4 Å². The summed E-state index contributed by atoms with van der Waals surface area (Å²) in [7, 11) is -0.0995. The van der Waals surface area contributed by atoms with E-state index in [-0.39, 0.29) is 4.90 Å². The van der Waals surface area contributed by atoms with Crippen LogP contribution in [0.1, 0.15) is 11.1 Å². The van der Waals surface area contributed by atoms with Crippen molar-refractivity contribution < 1.29 is 8.42 Å². The van der Waals surface area contributed by atoms with E-state index < -0.39 is 10.0 Å². The molecule has 0 spiro atoms. The van der Waals surface area contributed by atoms with Crippen LogP contribution in [0, 0.1) is 6.92 Å². The molecule has 7 nitrogen and oxygen atoms in total. The van der Waals surface area contributed by atoms with Gasteiger partial charge < -0.3 is 10.6 Å². The molecule has 1 aromatic heterocycles. The van der Waals surface area contributed by atoms with E-state index in [9.17, 15) is 8.42 Å². The molecule has 0 saturated heterocycles. The fraction of sp³-hybridized carbons (Fsp3) is 0.308. The van der Waals surface area contributed by atoms with Gasteiger partial charge in [-0.1, -0.05) is 0 Å². The van der Waals surface area contributed by atoms with Gasteiger partial charge in [0.1, 0.15) is 0 Å². The quantitative estimate of drug-likeness (QED) is 0.804. The maximum atomic E-state index is 11.6. The Labute approximate surface area is 124 Å². The van der Waals surface area contributed by atoms with E-state index in [2.05, 4.69) is 5.10 Å². The standard InChI is InChI=1S/C13H19N5O2S/c1-9-12(4-11(14)5-13(9)21(15,19)20)17(2)7-10-6-16-18(3)8-10/h4-6,8H,7,14H2,1-3H3,(H2,15,19,20). The van der Waals surface area contributed by atoms with Gasteiger partial charge in [-0.15, -0.1) is 0 Å². The summed E-state index contributed by atoms with van der Waals surface area (Å²) in [6, 6.07) is 3.12. The predicted molar refractivity (Wildman–Crippen MR) is 82.3 cm³/mol. The van der Waals surface area contributed by atoms with Crippen molar-refractivity contribution >= 4 is 21.4 Å². The van der Waals surface area contributed by atoms with E-state index in [4.69, 9.17) is 10.9 Å². The monoisotopic (exact) mass is 309 g/mol. The molecule has 0 amide bonds. The number of nitrogen functional groups attached to an aromatic ring is 1. The Morgan fingerprint density at radius 1 is 1.38 bits per heavy atom. The van der Waals surface area contributed by atoms with Crippen LogP contribution in [-0.4, -0.2) is 25.2 Å². The van der Waals surface area contributed by atoms with Crippen LogP contribution in [0.5, 0.6) is 0 Å². The van der Waals surface area contributed by atoms with Crippen LogP contribution in [-0.2, 0) is 23.6 Å². The summed E-state index contributed by atoms with van der Waals surface area (Å²) in [4.78, 5) is 1.97. The van der Waals surface area contributed by atoms with Gasteiger partial charge in [-0.3, -0.25) is 4.68 Å². The lowest BCUT2D eigenvalue weighted by atomic mass is 10.1. The highest BCUT2D eigenvalue weighted by molar-refractivity contribution is 7.89. The van der Waals surface area contributed by atoms with Gasteiger partial charge in [0.25, 0.3) is 0 Å². The second-order valence-corrected chi connectivity index (χ2v) is 6.62. The number of aryl methyl sites for hydroxylation is 1. The maximum absolute atomic E-state index is 11.6. The van der Waals surface area contributed by atoms with Crippen molar-refractivity contribution in [3.8, 4) is 0 Å². The molecule has 0 unspecified atom stereocenters. The van der Waals surface area contributed by atoms with Crippen LogP contribution >= 0.6 is 0 Å². The highest BCUT2D eigenvalue weighted by Crippen LogP contribution is 2.29. The number of nitrogens with two attached hydrogens (primary N) is 2. The van der Waals surface area contributed by atoms with Gasteiger partial charge in [-0.2, -0.15) is 5.10 Å². The molecule has 2 rings (SSSR count). The molecule has 1 aromatic carbocycles. The summed E-state index contributed by atoms with van der Waals surface area (Å²) in [5, 5.41) is 9.35. The number of nitrogens with zero attached hydrogens (tertiary/aromatic N) is 3. The lowest BCUT2D eigenvalue weighted by Gasteiger charge is -2.22. The summed E-state index contributed by atoms with van der Waals surface area (Å²) in [6.45, 7) is 2.30. The van der Waals surface area contributed by atoms with Crippen LogP contribution in [0.2, 0.25) is 0 Å². The Bertz CT molecular complexity index is 767. The summed E-state index contributed by atoms with van der Waals surface area (Å²) in [5.74, 6) is 0. The molecule has 0 saturated carbocycles. The van der Waals surface area contributed by atoms with Gasteiger partial charge in [0.2, 0.25) is 10.0 Å². The molecule has 0 radical (unpaired) electrons. The summed E-state index contributed by atoms with van der Waals surface area (Å²) < 4.78 is 25.0. The molecule has 0 atom stereocenters. The molecule has 0 bridgehead atoms. The van der Waals surface area contributed by atoms with Gasteiger partial charge in [0.05, 0.1) is 11.1 Å². The minimum atomic E-state index is -3.80. The third-order valence-corrected chi connectivity index (χ3v) is 4.29. The predicted octanol–water partition coefficient (Wildman–Crippen LogP) is 0.595. The lowest BCUT2D eigenvalue weighted by Crippen LogP contribution is -2.20. The third-order valence-electron chi connectivity index (χ3n) is 3.25. The minimum absolute atomic E-state index is 0.0514. The Morgan fingerprint density at radius 2 is 2.05 bits per heavy atom. The number of rotatable bonds is 4. The van der Waals surface area contributed by atoms with Crippen molar-refractivity contribution in [2.24, 2.45) is 12.2 Å². The Kier molecular flexibility index (Phi) is 3.93. The third kappa shape index (κ3) is 3.34. The van der Waals surface area contributed by atoms with E-state index in [1.807, 2.05) is 25.2 Å². The molecule has 21 heavy (non-hydrogen) atoms. The topological polar surface area (TPSA) is 107 Å². The Morgan fingerprint density at radius 3 is 2.57 bits per heavy atom. The lowest BCUT2D eigenvalue weighted by molar-refractivity contribution is 0.597. The summed E-state index contributed by atoms with van der Waals surface area (Å²) in [5.41, 5.74) is 8.48. The first-order chi connectivity index (χ1) is 9.68. The fourth-order valence-corrected chi connectivity index (χ4v) is 3.13. The second kappa shape index (κ2) is 5.38. The molecule has 2 aromatic rings. The van der Waals surface area contributed by atoms with Crippen LogP contribution in [0.3, 0.4) is 0 Å². The van der Waals surface area contributed by atoms with Gasteiger partial charge in [-0.25, -0.2) is 13.6 Å². The zero-order chi connectivity index (χ0) is 15.8. The number of aromatic nitrogens is 2. The number of hydrogen-bond donors (Lipinski definition) is 2. The molecular weight excluding hydrogens is 290 g/mol. The number of sulfonamides is 1. The first-order valence-corrected chi connectivity index (χ1v) is 7.84. The van der Waals surface area contributed by atoms with Crippen LogP contribution < -0.4 is 15.8 Å². The molecule has 0 fully saturated rings. The molecule has 0 aliphatic rings. The average Bonchev–Trinajstić information content (AvgIpc) is 2.75. The highest BCUT2D eigenvalue weighted by atomic mass is 32.2. The molecule has 114 valence electrons. The first-order valence-electron chi connectivity index (χ1n) is 6.30. The first kappa shape index (κ1) is 15.3. The smallest absolute Gasteiger partial charge is 0.238 e. The molecule has 8 heteroatoms. The van der Waals surface area contributed by atoms with Crippen LogP contribution in [0.25, 0.3) is 0 Å². The minimum Gasteiger partial charge on any atom is -0.399 e. The number of benzene rings is 1. The maximum Gasteiger partial charge on any atom is 0.238 e. The second-order valence-electron chi connectivity index (χ2n) is 5.09. The molecule has 0 aliphatic carbocycles. The summed E-state index contributed by atoms with van der Waals surface area (Å²) >= 11 is 0. The fourth-order valence-electron chi connectivity index (χ4n) is 2.30. The van der Waals surface area contributed by atoms with E-state index in [0.717, 1.165) is 11.3 Å². The van der Waals surface area contributed by atoms with Crippen molar-refractivity contribution in [3.63, 3.8) is 0 Å². The zero-order valence-electron chi connectivity index (χ0n) is 12.2. The summed E-state index contributed by atoms with van der Waals surface area (Å²) in [6.07, 6.45) is 3.66. The average molecular weight is 309 g/mol. The van der Waals surface area contributed by atoms with Crippen molar-refractivity contribution in [1.82, 2.24) is 9.78 Å². The number of anilines is 2. The van der Waals surface area contributed by atoms with Gasteiger partial charge in [0.15, 0.2) is 0 Å². The van der Waals surface area contributed by atoms with E-state index in [1.54, 1.807) is 23.9 Å². The van der Waals surface area contributed by atoms with E-state index in [0.29, 0.717) is 17.8 Å². The van der Waals surface area contributed by atoms with Crippen molar-refractivity contribution in [1.29, 1.82) is 0 Å². The van der Waals surface area contributed by atoms with Crippen molar-refractivity contribution in [2.45, 2.75) is 18.4 Å². The largest absolute Gasteiger partial charge is 0.399 e. The Balaban J connectivity index is 2.41. The molecular formula is C13H19N5O2S. The normalized spacial score (nSPS) is 11.6. The highest BCUT2D eigenvalue weighted by Gasteiger charge is 2.17.